The summed E-state index contributed by atoms with van der Waals surface area (Å²) in [5.74, 6) is 0. The third-order valence-electron chi connectivity index (χ3n) is 5.24. The minimum atomic E-state index is 0.194. The van der Waals surface area contributed by atoms with Gasteiger partial charge in [0.2, 0.25) is 0 Å². The van der Waals surface area contributed by atoms with E-state index in [-0.39, 0.29) is 34.8 Å². The van der Waals surface area contributed by atoms with Gasteiger partial charge < -0.3 is 0 Å². The molecule has 4 heterocycles. The van der Waals surface area contributed by atoms with Crippen LogP contribution in [0.1, 0.15) is 106 Å². The molecule has 0 aliphatic rings. The number of aromatic amines is 4. The van der Waals surface area contributed by atoms with E-state index in [2.05, 4.69) is 124 Å². The molecule has 4 rings (SSSR count). The van der Waals surface area contributed by atoms with E-state index < -0.39 is 0 Å². The zero-order valence-electron chi connectivity index (χ0n) is 25.5. The average molecular weight is 623 g/mol. The van der Waals surface area contributed by atoms with Gasteiger partial charge in [-0.3, -0.25) is 20.4 Å². The molecule has 0 radical (unpaired) electrons. The van der Waals surface area contributed by atoms with Crippen LogP contribution in [-0.2, 0) is 34.8 Å². The summed E-state index contributed by atoms with van der Waals surface area (Å²) in [5.41, 5.74) is 5.55. The standard InChI is InChI=1S/4C7H12N2.2ClH.Fe/c4*1-7(2,3)6-4-5-8-9-6;;;/h4*4-5H,1-3H3,(H,8,9);2*1H;/q;;;;;;+2/p-2. The normalized spacial score (nSPS) is 11.5. The second-order valence-corrected chi connectivity index (χ2v) is 14.8. The Morgan fingerprint density at radius 2 is 0.590 bits per heavy atom. The fourth-order valence-electron chi connectivity index (χ4n) is 2.69. The van der Waals surface area contributed by atoms with E-state index in [9.17, 15) is 0 Å². The van der Waals surface area contributed by atoms with Crippen LogP contribution in [0.25, 0.3) is 0 Å². The van der Waals surface area contributed by atoms with E-state index in [4.69, 9.17) is 20.2 Å². The number of rotatable bonds is 0. The third-order valence-corrected chi connectivity index (χ3v) is 5.24. The van der Waals surface area contributed by atoms with Gasteiger partial charge in [0.05, 0.1) is 0 Å². The average Bonchev–Trinajstić information content (AvgIpc) is 3.61. The minimum absolute atomic E-state index is 0.194. The molecule has 39 heavy (non-hydrogen) atoms. The van der Waals surface area contributed by atoms with E-state index in [1.54, 1.807) is 24.8 Å². The van der Waals surface area contributed by atoms with Gasteiger partial charge in [-0.1, -0.05) is 83.1 Å². The molecular formula is C28H48Cl2FeN8. The fraction of sp³-hybridized carbons (Fsp3) is 0.571. The van der Waals surface area contributed by atoms with E-state index >= 15 is 0 Å². The van der Waals surface area contributed by atoms with Crippen molar-refractivity contribution in [2.45, 2.75) is 105 Å². The van der Waals surface area contributed by atoms with Crippen LogP contribution in [0.5, 0.6) is 0 Å². The van der Waals surface area contributed by atoms with Crippen molar-refractivity contribution in [2.24, 2.45) is 0 Å². The van der Waals surface area contributed by atoms with Crippen LogP contribution in [0.15, 0.2) is 49.1 Å². The van der Waals surface area contributed by atoms with Gasteiger partial charge in [0.25, 0.3) is 0 Å². The first-order valence-corrected chi connectivity index (χ1v) is 15.7. The van der Waals surface area contributed by atoms with Crippen LogP contribution in [0.4, 0.5) is 0 Å². The Balaban J connectivity index is 0.000000477. The third kappa shape index (κ3) is 16.6. The molecule has 8 nitrogen and oxygen atoms in total. The Morgan fingerprint density at radius 3 is 0.641 bits per heavy atom. The molecule has 0 aromatic carbocycles. The molecule has 4 aromatic rings. The SMILES string of the molecule is CC(C)(C)c1ccn[nH]1.CC(C)(C)c1ccn[nH]1.CC(C)(C)c1ccn[nH]1.CC(C)(C)c1ccn[nH]1.[Cl][Fe][Cl]. The summed E-state index contributed by atoms with van der Waals surface area (Å²) < 4.78 is 0. The van der Waals surface area contributed by atoms with Crippen molar-refractivity contribution >= 4 is 20.2 Å². The van der Waals surface area contributed by atoms with Gasteiger partial charge in [0.15, 0.2) is 0 Å². The Labute approximate surface area is 249 Å². The maximum atomic E-state index is 4.76. The molecule has 0 spiro atoms. The molecule has 0 aliphatic carbocycles. The van der Waals surface area contributed by atoms with Gasteiger partial charge in [-0.2, -0.15) is 20.4 Å². The Kier molecular flexibility index (Phi) is 16.0. The summed E-state index contributed by atoms with van der Waals surface area (Å²) in [6.07, 6.45) is 7.11. The van der Waals surface area contributed by atoms with Gasteiger partial charge in [-0.05, 0) is 24.3 Å². The van der Waals surface area contributed by atoms with E-state index in [1.165, 1.54) is 22.8 Å². The summed E-state index contributed by atoms with van der Waals surface area (Å²) in [4.78, 5) is 0. The van der Waals surface area contributed by atoms with E-state index in [0.717, 1.165) is 0 Å². The van der Waals surface area contributed by atoms with Crippen LogP contribution in [0.2, 0.25) is 0 Å². The Hall–Kier alpha value is -2.06. The monoisotopic (exact) mass is 622 g/mol. The number of nitrogens with one attached hydrogen (secondary N) is 4. The molecule has 11 heteroatoms. The number of H-pyrrole nitrogens is 4. The quantitative estimate of drug-likeness (QED) is 0.148. The summed E-state index contributed by atoms with van der Waals surface area (Å²) in [6, 6.07) is 8.00. The first kappa shape index (κ1) is 36.9. The molecule has 0 amide bonds. The van der Waals surface area contributed by atoms with Gasteiger partial charge >= 0.3 is 33.3 Å². The molecular weight excluding hydrogens is 575 g/mol. The van der Waals surface area contributed by atoms with Crippen molar-refractivity contribution in [3.8, 4) is 0 Å². The summed E-state index contributed by atoms with van der Waals surface area (Å²) >= 11 is 0.194. The molecule has 0 bridgehead atoms. The number of halogens is 2. The topological polar surface area (TPSA) is 115 Å². The predicted octanol–water partition coefficient (Wildman–Crippen LogP) is 8.21. The molecule has 0 aliphatic heterocycles. The number of hydrogen-bond donors (Lipinski definition) is 4. The van der Waals surface area contributed by atoms with Crippen molar-refractivity contribution in [3.63, 3.8) is 0 Å². The van der Waals surface area contributed by atoms with Crippen LogP contribution in [0, 0.1) is 0 Å². The first-order chi connectivity index (χ1) is 17.8. The van der Waals surface area contributed by atoms with E-state index in [0.29, 0.717) is 0 Å². The molecule has 0 saturated heterocycles. The first-order valence-electron chi connectivity index (χ1n) is 12.7. The molecule has 0 fully saturated rings. The molecule has 0 saturated carbocycles. The molecule has 0 atom stereocenters. The van der Waals surface area contributed by atoms with E-state index in [1.807, 2.05) is 24.3 Å². The van der Waals surface area contributed by atoms with Gasteiger partial charge in [-0.15, -0.1) is 0 Å². The van der Waals surface area contributed by atoms with Gasteiger partial charge in [0, 0.05) is 69.2 Å². The summed E-state index contributed by atoms with van der Waals surface area (Å²) in [7, 11) is 9.53. The Morgan fingerprint density at radius 1 is 0.436 bits per heavy atom. The van der Waals surface area contributed by atoms with Gasteiger partial charge in [-0.25, -0.2) is 0 Å². The zero-order chi connectivity index (χ0) is 30.3. The molecule has 0 unspecified atom stereocenters. The summed E-state index contributed by atoms with van der Waals surface area (Å²) in [6.45, 7) is 25.8. The van der Waals surface area contributed by atoms with Crippen LogP contribution in [0.3, 0.4) is 0 Å². The van der Waals surface area contributed by atoms with Crippen molar-refractivity contribution in [2.75, 3.05) is 0 Å². The van der Waals surface area contributed by atoms with Crippen molar-refractivity contribution in [3.05, 3.63) is 71.8 Å². The fourth-order valence-corrected chi connectivity index (χ4v) is 2.69. The zero-order valence-corrected chi connectivity index (χ0v) is 28.1. The molecule has 4 aromatic heterocycles. The molecule has 4 N–H and O–H groups in total. The van der Waals surface area contributed by atoms with Gasteiger partial charge in [0.1, 0.15) is 0 Å². The van der Waals surface area contributed by atoms with Crippen molar-refractivity contribution in [1.29, 1.82) is 0 Å². The second-order valence-electron chi connectivity index (χ2n) is 12.9. The van der Waals surface area contributed by atoms with Crippen molar-refractivity contribution < 1.29 is 13.1 Å². The van der Waals surface area contributed by atoms with Crippen molar-refractivity contribution in [1.82, 2.24) is 40.8 Å². The van der Waals surface area contributed by atoms with Crippen LogP contribution < -0.4 is 0 Å². The van der Waals surface area contributed by atoms with Crippen LogP contribution in [-0.4, -0.2) is 40.8 Å². The summed E-state index contributed by atoms with van der Waals surface area (Å²) in [5, 5.41) is 27.2. The van der Waals surface area contributed by atoms with Crippen LogP contribution >= 0.6 is 20.2 Å². The Bertz CT molecular complexity index is 888. The number of hydrogen-bond acceptors (Lipinski definition) is 4. The molecule has 222 valence electrons. The number of aromatic nitrogens is 8. The number of nitrogens with zero attached hydrogens (tertiary/aromatic N) is 4. The maximum absolute atomic E-state index is 4.76. The predicted molar refractivity (Wildman–Crippen MR) is 161 cm³/mol. The second kappa shape index (κ2) is 16.9.